The highest BCUT2D eigenvalue weighted by atomic mass is 79.9. The molecule has 2 unspecified atom stereocenters. The van der Waals surface area contributed by atoms with Gasteiger partial charge in [0.15, 0.2) is 0 Å². The molecule has 0 aromatic heterocycles. The summed E-state index contributed by atoms with van der Waals surface area (Å²) < 4.78 is 28.4. The Balaban J connectivity index is 2.14. The molecule has 1 N–H and O–H groups in total. The van der Waals surface area contributed by atoms with Gasteiger partial charge >= 0.3 is 0 Å². The van der Waals surface area contributed by atoms with E-state index in [1.807, 2.05) is 19.1 Å². The van der Waals surface area contributed by atoms with Gasteiger partial charge in [-0.1, -0.05) is 54.0 Å². The van der Waals surface area contributed by atoms with Gasteiger partial charge < -0.3 is 0 Å². The molecule has 0 saturated carbocycles. The number of halogens is 1. The molecule has 0 saturated heterocycles. The van der Waals surface area contributed by atoms with Crippen molar-refractivity contribution in [3.63, 3.8) is 0 Å². The fraction of sp³-hybridized carbons (Fsp3) is 0.333. The fourth-order valence-corrected chi connectivity index (χ4v) is 3.83. The van der Waals surface area contributed by atoms with E-state index in [0.29, 0.717) is 5.92 Å². The molecule has 0 radical (unpaired) electrons. The van der Waals surface area contributed by atoms with E-state index < -0.39 is 10.0 Å². The third-order valence-electron chi connectivity index (χ3n) is 4.07. The van der Waals surface area contributed by atoms with E-state index >= 15 is 0 Å². The number of rotatable bonds is 6. The Hall–Kier alpha value is -1.17. The molecule has 2 aromatic carbocycles. The normalized spacial score (nSPS) is 14.4. The van der Waals surface area contributed by atoms with E-state index in [1.165, 1.54) is 5.56 Å². The van der Waals surface area contributed by atoms with Crippen LogP contribution in [-0.4, -0.2) is 8.42 Å². The van der Waals surface area contributed by atoms with Crippen molar-refractivity contribution in [1.29, 1.82) is 0 Å². The zero-order chi connectivity index (χ0) is 17.0. The van der Waals surface area contributed by atoms with E-state index in [4.69, 9.17) is 0 Å². The molecule has 0 aliphatic rings. The summed E-state index contributed by atoms with van der Waals surface area (Å²) in [6.07, 6.45) is 1.09. The highest BCUT2D eigenvalue weighted by Gasteiger charge is 2.18. The molecule has 0 fully saturated rings. The Morgan fingerprint density at radius 2 is 1.48 bits per heavy atom. The monoisotopic (exact) mass is 395 g/mol. The molecular formula is C18H22BrNO2S. The average Bonchev–Trinajstić information content (AvgIpc) is 2.54. The summed E-state index contributed by atoms with van der Waals surface area (Å²) in [7, 11) is -3.53. The first kappa shape index (κ1) is 18.2. The lowest BCUT2D eigenvalue weighted by Crippen LogP contribution is -2.26. The van der Waals surface area contributed by atoms with Gasteiger partial charge in [0.2, 0.25) is 10.0 Å². The zero-order valence-electron chi connectivity index (χ0n) is 13.6. The number of hydrogen-bond acceptors (Lipinski definition) is 2. The fourth-order valence-electron chi connectivity index (χ4n) is 2.33. The molecule has 23 heavy (non-hydrogen) atoms. The van der Waals surface area contributed by atoms with Crippen LogP contribution in [0.3, 0.4) is 0 Å². The molecule has 3 nitrogen and oxygen atoms in total. The van der Waals surface area contributed by atoms with Crippen LogP contribution in [0.2, 0.25) is 0 Å². The largest absolute Gasteiger partial charge is 0.241 e. The van der Waals surface area contributed by atoms with Crippen LogP contribution >= 0.6 is 15.9 Å². The summed E-state index contributed by atoms with van der Waals surface area (Å²) in [4.78, 5) is 0.267. The van der Waals surface area contributed by atoms with Crippen LogP contribution < -0.4 is 4.72 Å². The summed E-state index contributed by atoms with van der Waals surface area (Å²) in [5.74, 6) is 0.513. The minimum absolute atomic E-state index is 0.267. The predicted octanol–water partition coefficient (Wildman–Crippen LogP) is 5.00. The highest BCUT2D eigenvalue weighted by Crippen LogP contribution is 2.23. The minimum atomic E-state index is -3.53. The number of nitrogens with one attached hydrogen (secondary N) is 1. The van der Waals surface area contributed by atoms with E-state index in [0.717, 1.165) is 16.5 Å². The lowest BCUT2D eigenvalue weighted by atomic mass is 9.96. The van der Waals surface area contributed by atoms with Crippen LogP contribution in [0.5, 0.6) is 0 Å². The number of benzene rings is 2. The molecule has 2 atom stereocenters. The molecule has 2 aromatic rings. The molecular weight excluding hydrogens is 374 g/mol. The molecule has 2 rings (SSSR count). The summed E-state index contributed by atoms with van der Waals surface area (Å²) in [5.41, 5.74) is 2.23. The molecule has 0 heterocycles. The smallest absolute Gasteiger partial charge is 0.207 e. The van der Waals surface area contributed by atoms with Crippen molar-refractivity contribution in [2.45, 2.75) is 44.0 Å². The summed E-state index contributed by atoms with van der Waals surface area (Å²) >= 11 is 3.31. The summed E-state index contributed by atoms with van der Waals surface area (Å²) in [6.45, 7) is 6.21. The SMILES string of the molecule is CCC(C)c1ccc(C(C)NS(=O)(=O)c2ccc(Br)cc2)cc1. The van der Waals surface area contributed by atoms with Crippen molar-refractivity contribution >= 4 is 26.0 Å². The molecule has 124 valence electrons. The van der Waals surface area contributed by atoms with Crippen LogP contribution in [0.4, 0.5) is 0 Å². The van der Waals surface area contributed by atoms with E-state index in [9.17, 15) is 8.42 Å². The second-order valence-electron chi connectivity index (χ2n) is 5.77. The second-order valence-corrected chi connectivity index (χ2v) is 8.40. The van der Waals surface area contributed by atoms with Crippen molar-refractivity contribution in [3.05, 3.63) is 64.1 Å². The predicted molar refractivity (Wildman–Crippen MR) is 98.0 cm³/mol. The minimum Gasteiger partial charge on any atom is -0.207 e. The van der Waals surface area contributed by atoms with Crippen molar-refractivity contribution in [2.24, 2.45) is 0 Å². The second kappa shape index (κ2) is 7.60. The van der Waals surface area contributed by atoms with Gasteiger partial charge in [-0.25, -0.2) is 13.1 Å². The van der Waals surface area contributed by atoms with E-state index in [1.54, 1.807) is 24.3 Å². The zero-order valence-corrected chi connectivity index (χ0v) is 16.0. The maximum absolute atomic E-state index is 12.4. The van der Waals surface area contributed by atoms with Gasteiger partial charge in [-0.2, -0.15) is 0 Å². The van der Waals surface area contributed by atoms with Gasteiger partial charge in [-0.15, -0.1) is 0 Å². The number of sulfonamides is 1. The van der Waals surface area contributed by atoms with Gasteiger partial charge in [0.25, 0.3) is 0 Å². The Labute approximate surface area is 147 Å². The highest BCUT2D eigenvalue weighted by molar-refractivity contribution is 9.10. The van der Waals surface area contributed by atoms with Crippen LogP contribution in [0.15, 0.2) is 57.9 Å². The molecule has 5 heteroatoms. The summed E-state index contributed by atoms with van der Waals surface area (Å²) in [6, 6.07) is 14.5. The third-order valence-corrected chi connectivity index (χ3v) is 6.16. The molecule has 0 spiro atoms. The van der Waals surface area contributed by atoms with E-state index in [2.05, 4.69) is 46.6 Å². The van der Waals surface area contributed by atoms with Crippen molar-refractivity contribution in [1.82, 2.24) is 4.72 Å². The lowest BCUT2D eigenvalue weighted by Gasteiger charge is -2.16. The van der Waals surface area contributed by atoms with Crippen molar-refractivity contribution in [2.75, 3.05) is 0 Å². The molecule has 0 aliphatic heterocycles. The van der Waals surface area contributed by atoms with Crippen LogP contribution in [-0.2, 0) is 10.0 Å². The topological polar surface area (TPSA) is 46.2 Å². The molecule has 0 amide bonds. The Morgan fingerprint density at radius 3 is 2.00 bits per heavy atom. The van der Waals surface area contributed by atoms with Crippen LogP contribution in [0.1, 0.15) is 50.3 Å². The lowest BCUT2D eigenvalue weighted by molar-refractivity contribution is 0.567. The first-order chi connectivity index (χ1) is 10.8. The van der Waals surface area contributed by atoms with Gasteiger partial charge in [0, 0.05) is 10.5 Å². The van der Waals surface area contributed by atoms with Gasteiger partial charge in [0.05, 0.1) is 4.90 Å². The summed E-state index contributed by atoms with van der Waals surface area (Å²) in [5, 5.41) is 0. The standard InChI is InChI=1S/C18H22BrNO2S/c1-4-13(2)15-5-7-16(8-6-15)14(3)20-23(21,22)18-11-9-17(19)10-12-18/h5-14,20H,4H2,1-3H3. The number of hydrogen-bond donors (Lipinski definition) is 1. The maximum Gasteiger partial charge on any atom is 0.241 e. The van der Waals surface area contributed by atoms with Crippen molar-refractivity contribution in [3.8, 4) is 0 Å². The Kier molecular flexibility index (Phi) is 6.00. The first-order valence-corrected chi connectivity index (χ1v) is 9.99. The molecule has 0 bridgehead atoms. The molecule has 0 aliphatic carbocycles. The maximum atomic E-state index is 12.4. The van der Waals surface area contributed by atoms with Gasteiger partial charge in [-0.3, -0.25) is 0 Å². The van der Waals surface area contributed by atoms with Crippen LogP contribution in [0.25, 0.3) is 0 Å². The van der Waals surface area contributed by atoms with Gasteiger partial charge in [-0.05, 0) is 54.7 Å². The average molecular weight is 396 g/mol. The Bertz CT molecular complexity index is 740. The van der Waals surface area contributed by atoms with Gasteiger partial charge in [0.1, 0.15) is 0 Å². The Morgan fingerprint density at radius 1 is 0.957 bits per heavy atom. The first-order valence-electron chi connectivity index (χ1n) is 7.71. The third kappa shape index (κ3) is 4.66. The van der Waals surface area contributed by atoms with Crippen LogP contribution in [0, 0.1) is 0 Å². The quantitative estimate of drug-likeness (QED) is 0.747. The van der Waals surface area contributed by atoms with E-state index in [-0.39, 0.29) is 10.9 Å². The van der Waals surface area contributed by atoms with Crippen molar-refractivity contribution < 1.29 is 8.42 Å².